The minimum absolute atomic E-state index is 0.00273. The number of hydrogen-bond donors (Lipinski definition) is 2. The summed E-state index contributed by atoms with van der Waals surface area (Å²) in [4.78, 5) is 7.95. The lowest BCUT2D eigenvalue weighted by atomic mass is 10.3. The van der Waals surface area contributed by atoms with E-state index in [-0.39, 0.29) is 22.6 Å². The number of ether oxygens (including phenoxy) is 1. The molecule has 0 unspecified atom stereocenters. The summed E-state index contributed by atoms with van der Waals surface area (Å²) >= 11 is 8.89. The van der Waals surface area contributed by atoms with Gasteiger partial charge in [-0.15, -0.1) is 0 Å². The van der Waals surface area contributed by atoms with Crippen molar-refractivity contribution in [2.45, 2.75) is 6.92 Å². The Morgan fingerprint density at radius 1 is 1.47 bits per heavy atom. The molecular formula is C11H9BrClFN4O. The first kappa shape index (κ1) is 14.0. The number of anilines is 1. The normalized spacial score (nSPS) is 10.4. The number of hydrogen-bond acceptors (Lipinski definition) is 5. The summed E-state index contributed by atoms with van der Waals surface area (Å²) in [7, 11) is 0. The van der Waals surface area contributed by atoms with Gasteiger partial charge in [0, 0.05) is 17.8 Å². The monoisotopic (exact) mass is 346 g/mol. The number of aromatic nitrogens is 2. The molecule has 0 spiro atoms. The topological polar surface area (TPSA) is 73.1 Å². The van der Waals surface area contributed by atoms with Crippen molar-refractivity contribution in [2.24, 2.45) is 5.84 Å². The standard InChI is InChI=1S/C11H9BrClFN4O/c1-5-4-16-11(18-15)17-10(5)19-9-3-8(14)7(13)2-6(9)12/h2-4H,15H2,1H3,(H,16,17,18). The van der Waals surface area contributed by atoms with Crippen molar-refractivity contribution in [3.63, 3.8) is 0 Å². The number of nitrogens with zero attached hydrogens (tertiary/aromatic N) is 2. The second-order valence-electron chi connectivity index (χ2n) is 3.62. The van der Waals surface area contributed by atoms with E-state index in [1.807, 2.05) is 0 Å². The largest absolute Gasteiger partial charge is 0.437 e. The average Bonchev–Trinajstić information content (AvgIpc) is 2.38. The van der Waals surface area contributed by atoms with Crippen molar-refractivity contribution < 1.29 is 9.13 Å². The van der Waals surface area contributed by atoms with E-state index >= 15 is 0 Å². The predicted octanol–water partition coefficient (Wildman–Crippen LogP) is 3.42. The van der Waals surface area contributed by atoms with Gasteiger partial charge in [-0.05, 0) is 28.9 Å². The van der Waals surface area contributed by atoms with Crippen LogP contribution in [0.15, 0.2) is 22.8 Å². The lowest BCUT2D eigenvalue weighted by molar-refractivity contribution is 0.451. The Balaban J connectivity index is 2.38. The SMILES string of the molecule is Cc1cnc(NN)nc1Oc1cc(F)c(Cl)cc1Br. The van der Waals surface area contributed by atoms with Crippen LogP contribution in [-0.4, -0.2) is 9.97 Å². The van der Waals surface area contributed by atoms with Gasteiger partial charge in [0.2, 0.25) is 11.8 Å². The fourth-order valence-corrected chi connectivity index (χ4v) is 2.01. The summed E-state index contributed by atoms with van der Waals surface area (Å²) in [5.74, 6) is 5.36. The Kier molecular flexibility index (Phi) is 4.18. The second kappa shape index (κ2) is 5.68. The molecule has 19 heavy (non-hydrogen) atoms. The van der Waals surface area contributed by atoms with Gasteiger partial charge in [0.05, 0.1) is 9.50 Å². The zero-order chi connectivity index (χ0) is 14.0. The Hall–Kier alpha value is -1.44. The van der Waals surface area contributed by atoms with Gasteiger partial charge in [-0.3, -0.25) is 5.43 Å². The fourth-order valence-electron chi connectivity index (χ4n) is 1.29. The van der Waals surface area contributed by atoms with Crippen LogP contribution in [0, 0.1) is 12.7 Å². The number of benzene rings is 1. The first-order valence-corrected chi connectivity index (χ1v) is 6.31. The summed E-state index contributed by atoms with van der Waals surface area (Å²) in [5, 5.41) is 0.00273. The van der Waals surface area contributed by atoms with Gasteiger partial charge in [0.1, 0.15) is 11.6 Å². The van der Waals surface area contributed by atoms with Crippen LogP contribution in [0.4, 0.5) is 10.3 Å². The quantitative estimate of drug-likeness (QED) is 0.506. The van der Waals surface area contributed by atoms with Gasteiger partial charge in [-0.2, -0.15) is 4.98 Å². The Labute approximate surface area is 122 Å². The molecule has 8 heteroatoms. The molecule has 0 aliphatic heterocycles. The van der Waals surface area contributed by atoms with Crippen molar-refractivity contribution >= 4 is 33.5 Å². The van der Waals surface area contributed by atoms with Crippen molar-refractivity contribution in [1.29, 1.82) is 0 Å². The van der Waals surface area contributed by atoms with Crippen molar-refractivity contribution in [3.8, 4) is 11.6 Å². The Bertz CT molecular complexity index is 626. The summed E-state index contributed by atoms with van der Waals surface area (Å²) < 4.78 is 19.4. The number of nitrogens with one attached hydrogen (secondary N) is 1. The van der Waals surface area contributed by atoms with E-state index in [0.717, 1.165) is 0 Å². The molecule has 1 heterocycles. The molecule has 1 aromatic heterocycles. The highest BCUT2D eigenvalue weighted by molar-refractivity contribution is 9.10. The van der Waals surface area contributed by atoms with Gasteiger partial charge in [0.15, 0.2) is 0 Å². The second-order valence-corrected chi connectivity index (χ2v) is 4.89. The van der Waals surface area contributed by atoms with E-state index in [1.54, 1.807) is 6.92 Å². The zero-order valence-electron chi connectivity index (χ0n) is 9.75. The van der Waals surface area contributed by atoms with Gasteiger partial charge < -0.3 is 4.74 Å². The van der Waals surface area contributed by atoms with Crippen LogP contribution in [0.5, 0.6) is 11.6 Å². The minimum atomic E-state index is -0.580. The van der Waals surface area contributed by atoms with E-state index in [9.17, 15) is 4.39 Å². The minimum Gasteiger partial charge on any atom is -0.437 e. The van der Waals surface area contributed by atoms with Crippen molar-refractivity contribution in [1.82, 2.24) is 9.97 Å². The van der Waals surface area contributed by atoms with Crippen LogP contribution in [-0.2, 0) is 0 Å². The highest BCUT2D eigenvalue weighted by Gasteiger charge is 2.12. The summed E-state index contributed by atoms with van der Waals surface area (Å²) in [6, 6.07) is 2.58. The van der Waals surface area contributed by atoms with Gasteiger partial charge in [0.25, 0.3) is 0 Å². The number of halogens is 3. The fraction of sp³-hybridized carbons (Fsp3) is 0.0909. The first-order valence-electron chi connectivity index (χ1n) is 5.14. The highest BCUT2D eigenvalue weighted by atomic mass is 79.9. The smallest absolute Gasteiger partial charge is 0.240 e. The third-order valence-corrected chi connectivity index (χ3v) is 3.15. The lowest BCUT2D eigenvalue weighted by Crippen LogP contribution is -2.11. The maximum atomic E-state index is 13.4. The molecule has 0 aliphatic carbocycles. The number of rotatable bonds is 3. The molecule has 3 N–H and O–H groups in total. The molecule has 0 fully saturated rings. The van der Waals surface area contributed by atoms with Crippen LogP contribution >= 0.6 is 27.5 Å². The molecule has 0 aliphatic rings. The number of aryl methyl sites for hydroxylation is 1. The number of nitrogen functional groups attached to an aromatic ring is 1. The molecule has 0 atom stereocenters. The summed E-state index contributed by atoms with van der Waals surface area (Å²) in [6.07, 6.45) is 1.54. The highest BCUT2D eigenvalue weighted by Crippen LogP contribution is 2.34. The molecule has 0 radical (unpaired) electrons. The third kappa shape index (κ3) is 3.12. The summed E-state index contributed by atoms with van der Waals surface area (Å²) in [5.41, 5.74) is 2.99. The first-order chi connectivity index (χ1) is 9.01. The number of hydrazine groups is 1. The van der Waals surface area contributed by atoms with Crippen LogP contribution < -0.4 is 16.0 Å². The predicted molar refractivity (Wildman–Crippen MR) is 73.8 cm³/mol. The molecule has 1 aromatic carbocycles. The van der Waals surface area contributed by atoms with Crippen LogP contribution in [0.25, 0.3) is 0 Å². The molecular weight excluding hydrogens is 339 g/mol. The number of nitrogens with two attached hydrogens (primary N) is 1. The third-order valence-electron chi connectivity index (χ3n) is 2.24. The zero-order valence-corrected chi connectivity index (χ0v) is 12.1. The van der Waals surface area contributed by atoms with Gasteiger partial charge in [-0.1, -0.05) is 11.6 Å². The van der Waals surface area contributed by atoms with E-state index in [0.29, 0.717) is 10.0 Å². The molecule has 0 saturated carbocycles. The molecule has 2 aromatic rings. The summed E-state index contributed by atoms with van der Waals surface area (Å²) in [6.45, 7) is 1.76. The van der Waals surface area contributed by atoms with Crippen LogP contribution in [0.3, 0.4) is 0 Å². The average molecular weight is 348 g/mol. The molecule has 5 nitrogen and oxygen atoms in total. The van der Waals surface area contributed by atoms with Crippen LogP contribution in [0.1, 0.15) is 5.56 Å². The molecule has 0 bridgehead atoms. The maximum absolute atomic E-state index is 13.4. The van der Waals surface area contributed by atoms with Crippen LogP contribution in [0.2, 0.25) is 5.02 Å². The maximum Gasteiger partial charge on any atom is 0.240 e. The molecule has 100 valence electrons. The van der Waals surface area contributed by atoms with Gasteiger partial charge in [-0.25, -0.2) is 15.2 Å². The van der Waals surface area contributed by atoms with Crippen molar-refractivity contribution in [2.75, 3.05) is 5.43 Å². The van der Waals surface area contributed by atoms with E-state index in [1.165, 1.54) is 18.3 Å². The molecule has 0 amide bonds. The Morgan fingerprint density at radius 3 is 2.89 bits per heavy atom. The molecule has 2 rings (SSSR count). The van der Waals surface area contributed by atoms with E-state index < -0.39 is 5.82 Å². The lowest BCUT2D eigenvalue weighted by Gasteiger charge is -2.10. The Morgan fingerprint density at radius 2 is 2.21 bits per heavy atom. The van der Waals surface area contributed by atoms with E-state index in [2.05, 4.69) is 31.3 Å². The van der Waals surface area contributed by atoms with Gasteiger partial charge >= 0.3 is 0 Å². The van der Waals surface area contributed by atoms with Crippen molar-refractivity contribution in [3.05, 3.63) is 39.2 Å². The van der Waals surface area contributed by atoms with E-state index in [4.69, 9.17) is 22.2 Å². The molecule has 0 saturated heterocycles.